The van der Waals surface area contributed by atoms with Crippen molar-refractivity contribution in [1.82, 2.24) is 5.32 Å². The fourth-order valence-electron chi connectivity index (χ4n) is 1.66. The van der Waals surface area contributed by atoms with E-state index < -0.39 is 12.1 Å². The van der Waals surface area contributed by atoms with Gasteiger partial charge in [0.25, 0.3) is 0 Å². The first-order valence-electron chi connectivity index (χ1n) is 5.86. The number of carbonyl (C=O) groups excluding carboxylic acids is 1. The molecule has 0 saturated carbocycles. The van der Waals surface area contributed by atoms with Crippen molar-refractivity contribution in [3.05, 3.63) is 0 Å². The van der Waals surface area contributed by atoms with E-state index in [4.69, 9.17) is 14.6 Å². The molecule has 1 amide bonds. The number of carboxylic acid groups (broad SMARTS) is 1. The van der Waals surface area contributed by atoms with Crippen molar-refractivity contribution >= 4 is 11.9 Å². The number of aliphatic carboxylic acids is 1. The van der Waals surface area contributed by atoms with E-state index in [1.807, 2.05) is 6.92 Å². The number of carbonyl (C=O) groups is 2. The van der Waals surface area contributed by atoms with Crippen LogP contribution < -0.4 is 5.32 Å². The van der Waals surface area contributed by atoms with Crippen LogP contribution in [0.3, 0.4) is 0 Å². The van der Waals surface area contributed by atoms with Crippen LogP contribution in [-0.2, 0) is 19.1 Å². The van der Waals surface area contributed by atoms with E-state index in [1.54, 1.807) is 0 Å². The number of nitrogens with one attached hydrogen (secondary N) is 1. The lowest BCUT2D eigenvalue weighted by Crippen LogP contribution is -2.33. The first-order valence-corrected chi connectivity index (χ1v) is 5.86. The van der Waals surface area contributed by atoms with Crippen LogP contribution in [0.5, 0.6) is 0 Å². The van der Waals surface area contributed by atoms with E-state index in [2.05, 4.69) is 5.32 Å². The highest BCUT2D eigenvalue weighted by molar-refractivity contribution is 5.76. The highest BCUT2D eigenvalue weighted by atomic mass is 16.5. The van der Waals surface area contributed by atoms with Gasteiger partial charge >= 0.3 is 5.97 Å². The van der Waals surface area contributed by atoms with Crippen molar-refractivity contribution in [2.45, 2.75) is 38.4 Å². The Hall–Kier alpha value is -1.14. The van der Waals surface area contributed by atoms with Crippen LogP contribution in [0.2, 0.25) is 0 Å². The first kappa shape index (κ1) is 13.9. The zero-order valence-electron chi connectivity index (χ0n) is 9.98. The van der Waals surface area contributed by atoms with Gasteiger partial charge in [-0.15, -0.1) is 0 Å². The number of carboxylic acids is 1. The number of ether oxygens (including phenoxy) is 2. The van der Waals surface area contributed by atoms with Crippen molar-refractivity contribution in [2.75, 3.05) is 19.8 Å². The zero-order chi connectivity index (χ0) is 12.7. The molecule has 1 fully saturated rings. The molecule has 1 heterocycles. The van der Waals surface area contributed by atoms with Gasteiger partial charge in [-0.25, -0.2) is 4.79 Å². The van der Waals surface area contributed by atoms with Crippen LogP contribution >= 0.6 is 0 Å². The summed E-state index contributed by atoms with van der Waals surface area (Å²) in [5.41, 5.74) is 0. The summed E-state index contributed by atoms with van der Waals surface area (Å²) in [6.45, 7) is 3.25. The lowest BCUT2D eigenvalue weighted by molar-refractivity contribution is -0.149. The largest absolute Gasteiger partial charge is 0.479 e. The maximum Gasteiger partial charge on any atom is 0.332 e. The third-order valence-electron chi connectivity index (χ3n) is 2.59. The summed E-state index contributed by atoms with van der Waals surface area (Å²) >= 11 is 0. The minimum atomic E-state index is -0.935. The van der Waals surface area contributed by atoms with Gasteiger partial charge in [-0.3, -0.25) is 4.79 Å². The Morgan fingerprint density at radius 2 is 2.24 bits per heavy atom. The quantitative estimate of drug-likeness (QED) is 0.624. The van der Waals surface area contributed by atoms with Crippen molar-refractivity contribution in [2.24, 2.45) is 0 Å². The molecule has 1 aliphatic heterocycles. The highest BCUT2D eigenvalue weighted by Gasteiger charge is 2.30. The molecule has 98 valence electrons. The molecule has 2 N–H and O–H groups in total. The number of hydrogen-bond donors (Lipinski definition) is 2. The van der Waals surface area contributed by atoms with Gasteiger partial charge in [-0.1, -0.05) is 0 Å². The Balaban J connectivity index is 2.11. The summed E-state index contributed by atoms with van der Waals surface area (Å²) in [5.74, 6) is -1.03. The molecule has 6 nitrogen and oxygen atoms in total. The third kappa shape index (κ3) is 5.14. The Morgan fingerprint density at radius 3 is 2.82 bits per heavy atom. The molecule has 6 heteroatoms. The van der Waals surface area contributed by atoms with Gasteiger partial charge in [0.1, 0.15) is 0 Å². The van der Waals surface area contributed by atoms with E-state index >= 15 is 0 Å². The Labute approximate surface area is 100 Å². The van der Waals surface area contributed by atoms with Crippen LogP contribution in [0.25, 0.3) is 0 Å². The average molecular weight is 245 g/mol. The molecule has 0 spiro atoms. The molecule has 2 unspecified atom stereocenters. The molecule has 0 radical (unpaired) electrons. The van der Waals surface area contributed by atoms with Gasteiger partial charge in [0, 0.05) is 19.6 Å². The lowest BCUT2D eigenvalue weighted by Gasteiger charge is -2.12. The van der Waals surface area contributed by atoms with Crippen LogP contribution in [-0.4, -0.2) is 48.9 Å². The van der Waals surface area contributed by atoms with Crippen LogP contribution in [0.1, 0.15) is 26.2 Å². The van der Waals surface area contributed by atoms with E-state index in [9.17, 15) is 9.59 Å². The molecule has 0 aromatic rings. The van der Waals surface area contributed by atoms with Gasteiger partial charge in [0.2, 0.25) is 5.91 Å². The standard InChI is InChI=1S/C11H19NO5/c1-2-16-6-5-10(13)12-7-8-3-4-9(17-8)11(14)15/h8-9H,2-7H2,1H3,(H,12,13)(H,14,15). The molecule has 0 aromatic carbocycles. The molecule has 0 aromatic heterocycles. The predicted octanol–water partition coefficient (Wildman–Crippen LogP) is 0.161. The van der Waals surface area contributed by atoms with Crippen molar-refractivity contribution in [3.63, 3.8) is 0 Å². The number of amides is 1. The second kappa shape index (κ2) is 7.24. The molecule has 1 saturated heterocycles. The van der Waals surface area contributed by atoms with Crippen molar-refractivity contribution in [3.8, 4) is 0 Å². The van der Waals surface area contributed by atoms with Crippen LogP contribution in [0, 0.1) is 0 Å². The lowest BCUT2D eigenvalue weighted by atomic mass is 10.2. The summed E-state index contributed by atoms with van der Waals surface area (Å²) in [7, 11) is 0. The molecule has 17 heavy (non-hydrogen) atoms. The van der Waals surface area contributed by atoms with Gasteiger partial charge < -0.3 is 19.9 Å². The van der Waals surface area contributed by atoms with Gasteiger partial charge in [-0.05, 0) is 19.8 Å². The summed E-state index contributed by atoms with van der Waals surface area (Å²) in [6.07, 6.45) is 0.591. The number of hydrogen-bond acceptors (Lipinski definition) is 4. The smallest absolute Gasteiger partial charge is 0.332 e. The predicted molar refractivity (Wildman–Crippen MR) is 59.7 cm³/mol. The highest BCUT2D eigenvalue weighted by Crippen LogP contribution is 2.19. The van der Waals surface area contributed by atoms with Crippen molar-refractivity contribution < 1.29 is 24.2 Å². The van der Waals surface area contributed by atoms with Gasteiger partial charge in [0.05, 0.1) is 12.7 Å². The van der Waals surface area contributed by atoms with Gasteiger partial charge in [0.15, 0.2) is 6.10 Å². The second-order valence-corrected chi connectivity index (χ2v) is 3.91. The molecular formula is C11H19NO5. The van der Waals surface area contributed by atoms with E-state index in [0.29, 0.717) is 39.0 Å². The normalized spacial score (nSPS) is 23.6. The molecular weight excluding hydrogens is 226 g/mol. The van der Waals surface area contributed by atoms with E-state index in [1.165, 1.54) is 0 Å². The van der Waals surface area contributed by atoms with Crippen LogP contribution in [0.15, 0.2) is 0 Å². The summed E-state index contributed by atoms with van der Waals surface area (Å²) < 4.78 is 10.3. The minimum absolute atomic E-state index is 0.0965. The Bertz CT molecular complexity index is 269. The fraction of sp³-hybridized carbons (Fsp3) is 0.818. The van der Waals surface area contributed by atoms with Crippen molar-refractivity contribution in [1.29, 1.82) is 0 Å². The van der Waals surface area contributed by atoms with Crippen LogP contribution in [0.4, 0.5) is 0 Å². The minimum Gasteiger partial charge on any atom is -0.479 e. The second-order valence-electron chi connectivity index (χ2n) is 3.91. The van der Waals surface area contributed by atoms with E-state index in [0.717, 1.165) is 0 Å². The topological polar surface area (TPSA) is 84.9 Å². The molecule has 1 aliphatic rings. The van der Waals surface area contributed by atoms with Gasteiger partial charge in [-0.2, -0.15) is 0 Å². The molecule has 0 bridgehead atoms. The fourth-order valence-corrected chi connectivity index (χ4v) is 1.66. The Morgan fingerprint density at radius 1 is 1.47 bits per heavy atom. The summed E-state index contributed by atoms with van der Waals surface area (Å²) in [5, 5.41) is 11.4. The molecule has 2 atom stereocenters. The summed E-state index contributed by atoms with van der Waals surface area (Å²) in [4.78, 5) is 22.0. The Kier molecular flexibility index (Phi) is 5.93. The van der Waals surface area contributed by atoms with E-state index in [-0.39, 0.29) is 12.0 Å². The maximum atomic E-state index is 11.3. The average Bonchev–Trinajstić information content (AvgIpc) is 2.75. The SMILES string of the molecule is CCOCCC(=O)NCC1CCC(C(=O)O)O1. The molecule has 0 aliphatic carbocycles. The molecule has 1 rings (SSSR count). The number of rotatable bonds is 7. The zero-order valence-corrected chi connectivity index (χ0v) is 9.98. The third-order valence-corrected chi connectivity index (χ3v) is 2.59. The maximum absolute atomic E-state index is 11.3. The first-order chi connectivity index (χ1) is 8.13. The summed E-state index contributed by atoms with van der Waals surface area (Å²) in [6, 6.07) is 0. The monoisotopic (exact) mass is 245 g/mol.